The highest BCUT2D eigenvalue weighted by atomic mass is 35.5. The van der Waals surface area contributed by atoms with E-state index in [0.717, 1.165) is 0 Å². The van der Waals surface area contributed by atoms with Crippen molar-refractivity contribution in [3.8, 4) is 0 Å². The fourth-order valence-electron chi connectivity index (χ4n) is 0.249. The van der Waals surface area contributed by atoms with Crippen molar-refractivity contribution in [1.82, 2.24) is 0 Å². The van der Waals surface area contributed by atoms with Crippen LogP contribution in [-0.2, 0) is 0 Å². The zero-order valence-electron chi connectivity index (χ0n) is 5.02. The summed E-state index contributed by atoms with van der Waals surface area (Å²) in [5, 5.41) is -2.80. The van der Waals surface area contributed by atoms with Crippen molar-refractivity contribution in [2.24, 2.45) is 0 Å². The van der Waals surface area contributed by atoms with Gasteiger partial charge in [-0.3, -0.25) is 0 Å². The molecule has 0 amide bonds. The number of halogens is 8. The Labute approximate surface area is 66.6 Å². The monoisotopic (exact) mass is 216 g/mol. The van der Waals surface area contributed by atoms with Gasteiger partial charge in [-0.15, -0.1) is 0 Å². The molecule has 0 aromatic rings. The van der Waals surface area contributed by atoms with Gasteiger partial charge in [0.05, 0.1) is 0 Å². The molecular weight excluding hydrogens is 216 g/mol. The van der Waals surface area contributed by atoms with Crippen LogP contribution in [0.2, 0.25) is 0 Å². The fraction of sp³-hybridized carbons (Fsp3) is 0.500. The Bertz CT molecular complexity index is 174. The first-order chi connectivity index (χ1) is 5.07. The van der Waals surface area contributed by atoms with Crippen molar-refractivity contribution in [3.05, 3.63) is 10.9 Å². The Kier molecular flexibility index (Phi) is 3.00. The summed E-state index contributed by atoms with van der Waals surface area (Å²) in [4.78, 5) is 0. The lowest BCUT2D eigenvalue weighted by Gasteiger charge is -2.08. The number of rotatable bonds is 0. The lowest BCUT2D eigenvalue weighted by atomic mass is 10.4. The molecule has 0 saturated heterocycles. The molecule has 0 saturated carbocycles. The van der Waals surface area contributed by atoms with E-state index in [1.807, 2.05) is 0 Å². The predicted octanol–water partition coefficient (Wildman–Crippen LogP) is 3.53. The number of hydrogen-bond donors (Lipinski definition) is 0. The SMILES string of the molecule is F/C(=C(/Cl)C(F)(F)F)C(F)(F)F. The second kappa shape index (κ2) is 3.12. The molecule has 0 spiro atoms. The fourth-order valence-corrected chi connectivity index (χ4v) is 0.356. The molecule has 0 aliphatic rings. The van der Waals surface area contributed by atoms with Gasteiger partial charge in [0.25, 0.3) is 0 Å². The van der Waals surface area contributed by atoms with Crippen LogP contribution in [-0.4, -0.2) is 12.4 Å². The molecule has 8 heteroatoms. The second-order valence-corrected chi connectivity index (χ2v) is 2.00. The Hall–Kier alpha value is -0.460. The van der Waals surface area contributed by atoms with Gasteiger partial charge in [0.15, 0.2) is 5.03 Å². The van der Waals surface area contributed by atoms with E-state index < -0.39 is 23.2 Å². The van der Waals surface area contributed by atoms with Gasteiger partial charge in [0.1, 0.15) is 0 Å². The molecule has 0 atom stereocenters. The molecule has 0 aliphatic heterocycles. The minimum atomic E-state index is -5.70. The van der Waals surface area contributed by atoms with E-state index in [-0.39, 0.29) is 0 Å². The van der Waals surface area contributed by atoms with Crippen LogP contribution < -0.4 is 0 Å². The maximum atomic E-state index is 11.7. The van der Waals surface area contributed by atoms with Gasteiger partial charge in [-0.1, -0.05) is 11.6 Å². The van der Waals surface area contributed by atoms with Crippen molar-refractivity contribution < 1.29 is 30.7 Å². The summed E-state index contributed by atoms with van der Waals surface area (Å²) in [5.74, 6) is -3.34. The third-order valence-electron chi connectivity index (χ3n) is 0.690. The highest BCUT2D eigenvalue weighted by Crippen LogP contribution is 2.38. The van der Waals surface area contributed by atoms with Gasteiger partial charge in [-0.25, -0.2) is 4.39 Å². The first-order valence-corrected chi connectivity index (χ1v) is 2.64. The number of alkyl halides is 6. The summed E-state index contributed by atoms with van der Waals surface area (Å²) in [6.45, 7) is 0. The average Bonchev–Trinajstić information content (AvgIpc) is 1.80. The van der Waals surface area contributed by atoms with E-state index in [4.69, 9.17) is 0 Å². The van der Waals surface area contributed by atoms with E-state index in [1.54, 1.807) is 0 Å². The topological polar surface area (TPSA) is 0 Å². The normalized spacial score (nSPS) is 16.0. The molecular formula is C4ClF7. The van der Waals surface area contributed by atoms with Crippen LogP contribution in [0.25, 0.3) is 0 Å². The van der Waals surface area contributed by atoms with Crippen LogP contribution in [0.3, 0.4) is 0 Å². The van der Waals surface area contributed by atoms with Crippen molar-refractivity contribution in [1.29, 1.82) is 0 Å². The summed E-state index contributed by atoms with van der Waals surface area (Å²) in [7, 11) is 0. The average molecular weight is 216 g/mol. The highest BCUT2D eigenvalue weighted by Gasteiger charge is 2.45. The summed E-state index contributed by atoms with van der Waals surface area (Å²) in [6.07, 6.45) is -11.2. The van der Waals surface area contributed by atoms with Crippen LogP contribution >= 0.6 is 11.6 Å². The minimum absolute atomic E-state index is 2.80. The van der Waals surface area contributed by atoms with Crippen LogP contribution in [0.5, 0.6) is 0 Å². The molecule has 0 unspecified atom stereocenters. The third-order valence-corrected chi connectivity index (χ3v) is 1.07. The van der Waals surface area contributed by atoms with E-state index >= 15 is 0 Å². The molecule has 0 bridgehead atoms. The lowest BCUT2D eigenvalue weighted by Crippen LogP contribution is -2.17. The molecule has 0 aromatic carbocycles. The van der Waals surface area contributed by atoms with Crippen molar-refractivity contribution >= 4 is 11.6 Å². The molecule has 12 heavy (non-hydrogen) atoms. The molecule has 0 aromatic heterocycles. The Morgan fingerprint density at radius 2 is 1.17 bits per heavy atom. The third kappa shape index (κ3) is 2.88. The molecule has 0 fully saturated rings. The predicted molar refractivity (Wildman–Crippen MR) is 26.1 cm³/mol. The highest BCUT2D eigenvalue weighted by molar-refractivity contribution is 6.30. The van der Waals surface area contributed by atoms with Crippen LogP contribution in [0.4, 0.5) is 30.7 Å². The van der Waals surface area contributed by atoms with Crippen LogP contribution in [0.15, 0.2) is 10.9 Å². The van der Waals surface area contributed by atoms with E-state index in [1.165, 1.54) is 0 Å². The van der Waals surface area contributed by atoms with E-state index in [2.05, 4.69) is 11.6 Å². The smallest absolute Gasteiger partial charge is 0.200 e. The molecule has 0 heterocycles. The zero-order chi connectivity index (χ0) is 10.2. The summed E-state index contributed by atoms with van der Waals surface area (Å²) >= 11 is 4.05. The number of hydrogen-bond acceptors (Lipinski definition) is 0. The van der Waals surface area contributed by atoms with Gasteiger partial charge in [0.2, 0.25) is 5.83 Å². The molecule has 0 rings (SSSR count). The van der Waals surface area contributed by atoms with Crippen LogP contribution in [0.1, 0.15) is 0 Å². The molecule has 72 valence electrons. The standard InChI is InChI=1S/C4ClF7/c5-1(3(7,8)9)2(6)4(10,11)12/b2-1+. The minimum Gasteiger partial charge on any atom is -0.200 e. The van der Waals surface area contributed by atoms with Crippen molar-refractivity contribution in [2.75, 3.05) is 0 Å². The maximum Gasteiger partial charge on any atom is 0.444 e. The Morgan fingerprint density at radius 1 is 0.833 bits per heavy atom. The van der Waals surface area contributed by atoms with Gasteiger partial charge >= 0.3 is 12.4 Å². The van der Waals surface area contributed by atoms with Crippen molar-refractivity contribution in [2.45, 2.75) is 12.4 Å². The molecule has 0 nitrogen and oxygen atoms in total. The van der Waals surface area contributed by atoms with Gasteiger partial charge in [-0.05, 0) is 0 Å². The Balaban J connectivity index is 4.96. The molecule has 0 N–H and O–H groups in total. The summed E-state index contributed by atoms with van der Waals surface area (Å²) in [5.41, 5.74) is 0. The largest absolute Gasteiger partial charge is 0.444 e. The first kappa shape index (κ1) is 11.5. The zero-order valence-corrected chi connectivity index (χ0v) is 5.78. The summed E-state index contributed by atoms with van der Waals surface area (Å²) in [6, 6.07) is 0. The quantitative estimate of drug-likeness (QED) is 0.544. The van der Waals surface area contributed by atoms with Crippen molar-refractivity contribution in [3.63, 3.8) is 0 Å². The molecule has 0 radical (unpaired) electrons. The Morgan fingerprint density at radius 3 is 1.25 bits per heavy atom. The number of allylic oxidation sites excluding steroid dienone is 2. The van der Waals surface area contributed by atoms with E-state index in [0.29, 0.717) is 0 Å². The van der Waals surface area contributed by atoms with E-state index in [9.17, 15) is 30.7 Å². The first-order valence-electron chi connectivity index (χ1n) is 2.26. The van der Waals surface area contributed by atoms with Crippen LogP contribution in [0, 0.1) is 0 Å². The van der Waals surface area contributed by atoms with Gasteiger partial charge in [0, 0.05) is 0 Å². The second-order valence-electron chi connectivity index (χ2n) is 1.62. The maximum absolute atomic E-state index is 11.7. The molecule has 0 aliphatic carbocycles. The lowest BCUT2D eigenvalue weighted by molar-refractivity contribution is -0.124. The van der Waals surface area contributed by atoms with Gasteiger partial charge in [-0.2, -0.15) is 26.3 Å². The summed E-state index contributed by atoms with van der Waals surface area (Å²) < 4.78 is 79.2. The van der Waals surface area contributed by atoms with Gasteiger partial charge < -0.3 is 0 Å².